The summed E-state index contributed by atoms with van der Waals surface area (Å²) in [6.45, 7) is 1.47. The maximum atomic E-state index is 11.2. The standard InChI is InChI=1S/C20H21ClN6O/c1-13(28)23-15-4-7-18(17(21)10-15)24-20-11-19(25-26-20)14-2-5-16(6-3-14)27-9-8-22-12-27/h2-10,12,19-20,24-26H,11H2,1H3,(H,23,28). The molecule has 0 saturated carbocycles. The Kier molecular flexibility index (Phi) is 5.29. The Morgan fingerprint density at radius 1 is 1.21 bits per heavy atom. The molecular weight excluding hydrogens is 376 g/mol. The van der Waals surface area contributed by atoms with Crippen LogP contribution in [-0.2, 0) is 4.79 Å². The molecule has 2 heterocycles. The lowest BCUT2D eigenvalue weighted by Gasteiger charge is -2.16. The quantitative estimate of drug-likeness (QED) is 0.531. The monoisotopic (exact) mass is 396 g/mol. The van der Waals surface area contributed by atoms with E-state index in [0.29, 0.717) is 10.7 Å². The molecule has 2 atom stereocenters. The van der Waals surface area contributed by atoms with Crippen LogP contribution in [0.4, 0.5) is 11.4 Å². The van der Waals surface area contributed by atoms with Crippen molar-refractivity contribution in [1.29, 1.82) is 0 Å². The molecule has 28 heavy (non-hydrogen) atoms. The topological polar surface area (TPSA) is 83.0 Å². The maximum absolute atomic E-state index is 11.2. The van der Waals surface area contributed by atoms with Crippen LogP contribution in [0.25, 0.3) is 5.69 Å². The van der Waals surface area contributed by atoms with Crippen molar-refractivity contribution >= 4 is 28.9 Å². The molecule has 3 aromatic rings. The number of amides is 1. The van der Waals surface area contributed by atoms with Crippen LogP contribution in [0.3, 0.4) is 0 Å². The molecule has 0 radical (unpaired) electrons. The molecule has 1 aliphatic rings. The number of aromatic nitrogens is 2. The van der Waals surface area contributed by atoms with Crippen molar-refractivity contribution in [2.24, 2.45) is 0 Å². The summed E-state index contributed by atoms with van der Waals surface area (Å²) in [5, 5.41) is 6.67. The van der Waals surface area contributed by atoms with Gasteiger partial charge in [0, 0.05) is 43.2 Å². The van der Waals surface area contributed by atoms with Crippen molar-refractivity contribution in [2.45, 2.75) is 25.6 Å². The van der Waals surface area contributed by atoms with Gasteiger partial charge in [-0.25, -0.2) is 15.8 Å². The minimum absolute atomic E-state index is 0.0300. The van der Waals surface area contributed by atoms with Crippen molar-refractivity contribution in [2.75, 3.05) is 10.6 Å². The number of carbonyl (C=O) groups excluding carboxylic acids is 1. The van der Waals surface area contributed by atoms with Gasteiger partial charge in [0.1, 0.15) is 0 Å². The number of carbonyl (C=O) groups is 1. The Hall–Kier alpha value is -2.87. The molecule has 2 unspecified atom stereocenters. The van der Waals surface area contributed by atoms with E-state index in [9.17, 15) is 4.79 Å². The highest BCUT2D eigenvalue weighted by molar-refractivity contribution is 6.33. The number of nitrogens with one attached hydrogen (secondary N) is 4. The molecule has 4 rings (SSSR count). The summed E-state index contributed by atoms with van der Waals surface area (Å²) in [4.78, 5) is 15.2. The van der Waals surface area contributed by atoms with E-state index in [0.717, 1.165) is 17.8 Å². The third kappa shape index (κ3) is 4.17. The largest absolute Gasteiger partial charge is 0.367 e. The molecule has 144 valence electrons. The number of hydrogen-bond acceptors (Lipinski definition) is 5. The first-order valence-electron chi connectivity index (χ1n) is 9.01. The van der Waals surface area contributed by atoms with E-state index in [1.165, 1.54) is 12.5 Å². The first-order chi connectivity index (χ1) is 13.6. The Balaban J connectivity index is 1.38. The van der Waals surface area contributed by atoms with Gasteiger partial charge >= 0.3 is 0 Å². The predicted molar refractivity (Wildman–Crippen MR) is 110 cm³/mol. The molecule has 0 spiro atoms. The zero-order valence-corrected chi connectivity index (χ0v) is 16.1. The van der Waals surface area contributed by atoms with Gasteiger partial charge in [-0.3, -0.25) is 4.79 Å². The number of hydrazine groups is 1. The van der Waals surface area contributed by atoms with Crippen LogP contribution >= 0.6 is 11.6 Å². The van der Waals surface area contributed by atoms with E-state index in [1.807, 2.05) is 22.9 Å². The molecule has 1 aromatic heterocycles. The maximum Gasteiger partial charge on any atom is 0.221 e. The summed E-state index contributed by atoms with van der Waals surface area (Å²) >= 11 is 6.34. The average Bonchev–Trinajstić information content (AvgIpc) is 3.36. The number of rotatable bonds is 5. The zero-order chi connectivity index (χ0) is 19.5. The second kappa shape index (κ2) is 8.02. The van der Waals surface area contributed by atoms with E-state index in [1.54, 1.807) is 18.6 Å². The van der Waals surface area contributed by atoms with Crippen molar-refractivity contribution in [3.05, 3.63) is 71.8 Å². The SMILES string of the molecule is CC(=O)Nc1ccc(NC2CC(c3ccc(-n4ccnc4)cc3)NN2)c(Cl)c1. The highest BCUT2D eigenvalue weighted by atomic mass is 35.5. The van der Waals surface area contributed by atoms with Crippen molar-refractivity contribution in [1.82, 2.24) is 20.4 Å². The van der Waals surface area contributed by atoms with Gasteiger partial charge in [-0.05, 0) is 35.9 Å². The van der Waals surface area contributed by atoms with Crippen LogP contribution in [0.15, 0.2) is 61.2 Å². The summed E-state index contributed by atoms with van der Waals surface area (Å²) < 4.78 is 1.97. The van der Waals surface area contributed by atoms with Crippen molar-refractivity contribution < 1.29 is 4.79 Å². The van der Waals surface area contributed by atoms with E-state index < -0.39 is 0 Å². The molecule has 4 N–H and O–H groups in total. The molecule has 1 amide bonds. The van der Waals surface area contributed by atoms with Crippen LogP contribution < -0.4 is 21.5 Å². The highest BCUT2D eigenvalue weighted by Gasteiger charge is 2.25. The minimum Gasteiger partial charge on any atom is -0.367 e. The summed E-state index contributed by atoms with van der Waals surface area (Å²) in [7, 11) is 0. The van der Waals surface area contributed by atoms with Crippen LogP contribution in [-0.4, -0.2) is 21.6 Å². The fourth-order valence-electron chi connectivity index (χ4n) is 3.26. The molecule has 1 aliphatic heterocycles. The third-order valence-corrected chi connectivity index (χ3v) is 4.93. The molecule has 1 fully saturated rings. The van der Waals surface area contributed by atoms with Crippen LogP contribution in [0, 0.1) is 0 Å². The lowest BCUT2D eigenvalue weighted by molar-refractivity contribution is -0.114. The first kappa shape index (κ1) is 18.5. The van der Waals surface area contributed by atoms with E-state index in [2.05, 4.69) is 50.7 Å². The van der Waals surface area contributed by atoms with Gasteiger partial charge in [-0.2, -0.15) is 0 Å². The molecule has 0 bridgehead atoms. The second-order valence-corrected chi connectivity index (χ2v) is 7.12. The number of imidazole rings is 1. The number of halogens is 1. The average molecular weight is 397 g/mol. The van der Waals surface area contributed by atoms with Gasteiger partial charge in [0.2, 0.25) is 5.91 Å². The van der Waals surface area contributed by atoms with Gasteiger partial charge in [-0.15, -0.1) is 0 Å². The number of hydrogen-bond donors (Lipinski definition) is 4. The fourth-order valence-corrected chi connectivity index (χ4v) is 3.50. The Bertz CT molecular complexity index is 957. The van der Waals surface area contributed by atoms with Crippen LogP contribution in [0.2, 0.25) is 5.02 Å². The van der Waals surface area contributed by atoms with E-state index in [-0.39, 0.29) is 18.1 Å². The third-order valence-electron chi connectivity index (χ3n) is 4.62. The fraction of sp³-hybridized carbons (Fsp3) is 0.200. The van der Waals surface area contributed by atoms with Gasteiger partial charge in [0.15, 0.2) is 0 Å². The zero-order valence-electron chi connectivity index (χ0n) is 15.3. The Labute approximate surface area is 168 Å². The first-order valence-corrected chi connectivity index (χ1v) is 9.39. The Morgan fingerprint density at radius 2 is 2.04 bits per heavy atom. The van der Waals surface area contributed by atoms with E-state index in [4.69, 9.17) is 11.6 Å². The summed E-state index contributed by atoms with van der Waals surface area (Å²) in [5.74, 6) is -0.125. The molecule has 8 heteroatoms. The van der Waals surface area contributed by atoms with Crippen molar-refractivity contribution in [3.8, 4) is 5.69 Å². The minimum atomic E-state index is -0.125. The Morgan fingerprint density at radius 3 is 2.71 bits per heavy atom. The lowest BCUT2D eigenvalue weighted by atomic mass is 10.0. The molecule has 7 nitrogen and oxygen atoms in total. The summed E-state index contributed by atoms with van der Waals surface area (Å²) in [6, 6.07) is 14.0. The van der Waals surface area contributed by atoms with Gasteiger partial charge < -0.3 is 15.2 Å². The van der Waals surface area contributed by atoms with Gasteiger partial charge in [0.25, 0.3) is 0 Å². The molecule has 0 aliphatic carbocycles. The normalized spacial score (nSPS) is 18.8. The van der Waals surface area contributed by atoms with Crippen LogP contribution in [0.5, 0.6) is 0 Å². The number of anilines is 2. The van der Waals surface area contributed by atoms with Crippen molar-refractivity contribution in [3.63, 3.8) is 0 Å². The number of nitrogens with zero attached hydrogens (tertiary/aromatic N) is 2. The molecule has 1 saturated heterocycles. The predicted octanol–water partition coefficient (Wildman–Crippen LogP) is 3.46. The van der Waals surface area contributed by atoms with Crippen LogP contribution in [0.1, 0.15) is 24.9 Å². The molecular formula is C20H21ClN6O. The summed E-state index contributed by atoms with van der Waals surface area (Å²) in [5.41, 5.74) is 10.4. The second-order valence-electron chi connectivity index (χ2n) is 6.71. The highest BCUT2D eigenvalue weighted by Crippen LogP contribution is 2.29. The summed E-state index contributed by atoms with van der Waals surface area (Å²) in [6.07, 6.45) is 6.35. The van der Waals surface area contributed by atoms with Gasteiger partial charge in [-0.1, -0.05) is 23.7 Å². The lowest BCUT2D eigenvalue weighted by Crippen LogP contribution is -2.35. The van der Waals surface area contributed by atoms with E-state index >= 15 is 0 Å². The smallest absolute Gasteiger partial charge is 0.221 e. The molecule has 2 aromatic carbocycles. The number of benzene rings is 2. The van der Waals surface area contributed by atoms with Gasteiger partial charge in [0.05, 0.1) is 23.2 Å².